The van der Waals surface area contributed by atoms with Crippen molar-refractivity contribution in [2.45, 2.75) is 6.54 Å². The third-order valence-electron chi connectivity index (χ3n) is 3.23. The smallest absolute Gasteiger partial charge is 0.119 e. The van der Waals surface area contributed by atoms with Crippen molar-refractivity contribution in [2.75, 3.05) is 12.4 Å². The van der Waals surface area contributed by atoms with Gasteiger partial charge in [0, 0.05) is 29.3 Å². The second kappa shape index (κ2) is 5.06. The van der Waals surface area contributed by atoms with E-state index < -0.39 is 0 Å². The molecule has 0 aliphatic heterocycles. The SMILES string of the molecule is COc1ccc2[nH]cc(CNc3ccccc3)c2c1. The number of aromatic nitrogens is 1. The average molecular weight is 252 g/mol. The highest BCUT2D eigenvalue weighted by Crippen LogP contribution is 2.24. The molecule has 1 aromatic heterocycles. The maximum Gasteiger partial charge on any atom is 0.119 e. The van der Waals surface area contributed by atoms with Crippen molar-refractivity contribution in [1.29, 1.82) is 0 Å². The van der Waals surface area contributed by atoms with Crippen LogP contribution in [0.1, 0.15) is 5.56 Å². The zero-order valence-electron chi connectivity index (χ0n) is 10.8. The van der Waals surface area contributed by atoms with E-state index in [0.29, 0.717) is 0 Å². The largest absolute Gasteiger partial charge is 0.497 e. The quantitative estimate of drug-likeness (QED) is 0.741. The predicted octanol–water partition coefficient (Wildman–Crippen LogP) is 3.79. The first-order valence-electron chi connectivity index (χ1n) is 6.30. The Kier molecular flexibility index (Phi) is 3.11. The molecule has 2 aromatic carbocycles. The Hall–Kier alpha value is -2.42. The fraction of sp³-hybridized carbons (Fsp3) is 0.125. The number of aromatic amines is 1. The van der Waals surface area contributed by atoms with Crippen LogP contribution in [-0.2, 0) is 6.54 Å². The number of rotatable bonds is 4. The lowest BCUT2D eigenvalue weighted by atomic mass is 10.1. The maximum atomic E-state index is 5.28. The van der Waals surface area contributed by atoms with Crippen LogP contribution >= 0.6 is 0 Å². The summed E-state index contributed by atoms with van der Waals surface area (Å²) in [4.78, 5) is 3.28. The molecule has 0 amide bonds. The summed E-state index contributed by atoms with van der Waals surface area (Å²) in [6, 6.07) is 16.3. The Balaban J connectivity index is 1.84. The number of benzene rings is 2. The summed E-state index contributed by atoms with van der Waals surface area (Å²) >= 11 is 0. The van der Waals surface area contributed by atoms with Gasteiger partial charge in [-0.15, -0.1) is 0 Å². The summed E-state index contributed by atoms with van der Waals surface area (Å²) < 4.78 is 5.28. The molecule has 0 saturated heterocycles. The minimum atomic E-state index is 0.789. The summed E-state index contributed by atoms with van der Waals surface area (Å²) in [5, 5.41) is 4.61. The van der Waals surface area contributed by atoms with Gasteiger partial charge < -0.3 is 15.0 Å². The maximum absolute atomic E-state index is 5.28. The van der Waals surface area contributed by atoms with Crippen molar-refractivity contribution >= 4 is 16.6 Å². The Labute approximate surface area is 112 Å². The van der Waals surface area contributed by atoms with E-state index in [-0.39, 0.29) is 0 Å². The fourth-order valence-corrected chi connectivity index (χ4v) is 2.18. The number of para-hydroxylation sites is 1. The Bertz CT molecular complexity index is 674. The molecule has 3 rings (SSSR count). The molecule has 0 fully saturated rings. The molecular weight excluding hydrogens is 236 g/mol. The summed E-state index contributed by atoms with van der Waals surface area (Å²) in [5.41, 5.74) is 3.49. The van der Waals surface area contributed by atoms with Crippen molar-refractivity contribution in [3.05, 3.63) is 60.3 Å². The molecule has 19 heavy (non-hydrogen) atoms. The first kappa shape index (κ1) is 11.7. The fourth-order valence-electron chi connectivity index (χ4n) is 2.18. The zero-order chi connectivity index (χ0) is 13.1. The van der Waals surface area contributed by atoms with Crippen molar-refractivity contribution in [1.82, 2.24) is 4.98 Å². The number of hydrogen-bond acceptors (Lipinski definition) is 2. The van der Waals surface area contributed by atoms with Crippen molar-refractivity contribution in [2.24, 2.45) is 0 Å². The molecule has 3 heteroatoms. The second-order valence-corrected chi connectivity index (χ2v) is 4.45. The van der Waals surface area contributed by atoms with Crippen LogP contribution in [-0.4, -0.2) is 12.1 Å². The summed E-state index contributed by atoms with van der Waals surface area (Å²) in [5.74, 6) is 0.882. The second-order valence-electron chi connectivity index (χ2n) is 4.45. The van der Waals surface area contributed by atoms with Gasteiger partial charge in [0.15, 0.2) is 0 Å². The number of methoxy groups -OCH3 is 1. The van der Waals surface area contributed by atoms with E-state index >= 15 is 0 Å². The van der Waals surface area contributed by atoms with Gasteiger partial charge in [0.05, 0.1) is 7.11 Å². The number of hydrogen-bond donors (Lipinski definition) is 2. The van der Waals surface area contributed by atoms with E-state index in [2.05, 4.69) is 28.5 Å². The molecule has 96 valence electrons. The molecule has 1 heterocycles. The van der Waals surface area contributed by atoms with Crippen LogP contribution < -0.4 is 10.1 Å². The molecule has 0 aliphatic rings. The Morgan fingerprint density at radius 1 is 1.11 bits per heavy atom. The molecule has 3 nitrogen and oxygen atoms in total. The lowest BCUT2D eigenvalue weighted by Crippen LogP contribution is -1.98. The van der Waals surface area contributed by atoms with Crippen LogP contribution in [0.15, 0.2) is 54.7 Å². The molecule has 0 atom stereocenters. The molecule has 0 saturated carbocycles. The number of fused-ring (bicyclic) bond motifs is 1. The lowest BCUT2D eigenvalue weighted by molar-refractivity contribution is 0.415. The first-order chi connectivity index (χ1) is 9.36. The molecule has 0 spiro atoms. The van der Waals surface area contributed by atoms with E-state index in [9.17, 15) is 0 Å². The van der Waals surface area contributed by atoms with Gasteiger partial charge in [0.2, 0.25) is 0 Å². The number of anilines is 1. The lowest BCUT2D eigenvalue weighted by Gasteiger charge is -2.05. The van der Waals surface area contributed by atoms with Crippen molar-refractivity contribution < 1.29 is 4.74 Å². The van der Waals surface area contributed by atoms with Crippen molar-refractivity contribution in [3.63, 3.8) is 0 Å². The topological polar surface area (TPSA) is 37.0 Å². The van der Waals surface area contributed by atoms with E-state index in [4.69, 9.17) is 4.74 Å². The molecular formula is C16H16N2O. The van der Waals surface area contributed by atoms with E-state index in [1.165, 1.54) is 10.9 Å². The zero-order valence-corrected chi connectivity index (χ0v) is 10.8. The predicted molar refractivity (Wildman–Crippen MR) is 78.6 cm³/mol. The normalized spacial score (nSPS) is 10.6. The molecule has 0 bridgehead atoms. The van der Waals surface area contributed by atoms with E-state index in [1.54, 1.807) is 7.11 Å². The van der Waals surface area contributed by atoms with Gasteiger partial charge >= 0.3 is 0 Å². The van der Waals surface area contributed by atoms with Gasteiger partial charge in [0.25, 0.3) is 0 Å². The third kappa shape index (κ3) is 2.40. The van der Waals surface area contributed by atoms with Crippen LogP contribution in [0, 0.1) is 0 Å². The molecule has 2 N–H and O–H groups in total. The number of nitrogens with one attached hydrogen (secondary N) is 2. The Morgan fingerprint density at radius 2 is 1.95 bits per heavy atom. The number of H-pyrrole nitrogens is 1. The number of ether oxygens (including phenoxy) is 1. The molecule has 0 aliphatic carbocycles. The van der Waals surface area contributed by atoms with Crippen LogP contribution in [0.5, 0.6) is 5.75 Å². The van der Waals surface area contributed by atoms with Crippen LogP contribution in [0.3, 0.4) is 0 Å². The van der Waals surface area contributed by atoms with Crippen molar-refractivity contribution in [3.8, 4) is 5.75 Å². The van der Waals surface area contributed by atoms with Gasteiger partial charge in [-0.25, -0.2) is 0 Å². The first-order valence-corrected chi connectivity index (χ1v) is 6.30. The van der Waals surface area contributed by atoms with Crippen LogP contribution in [0.2, 0.25) is 0 Å². The molecule has 3 aromatic rings. The molecule has 0 radical (unpaired) electrons. The highest BCUT2D eigenvalue weighted by atomic mass is 16.5. The van der Waals surface area contributed by atoms with Gasteiger partial charge in [-0.3, -0.25) is 0 Å². The minimum Gasteiger partial charge on any atom is -0.497 e. The summed E-state index contributed by atoms with van der Waals surface area (Å²) in [7, 11) is 1.69. The van der Waals surface area contributed by atoms with Gasteiger partial charge in [-0.2, -0.15) is 0 Å². The van der Waals surface area contributed by atoms with Gasteiger partial charge in [0.1, 0.15) is 5.75 Å². The van der Waals surface area contributed by atoms with Gasteiger partial charge in [-0.1, -0.05) is 18.2 Å². The van der Waals surface area contributed by atoms with Crippen LogP contribution in [0.4, 0.5) is 5.69 Å². The minimum absolute atomic E-state index is 0.789. The van der Waals surface area contributed by atoms with Crippen LogP contribution in [0.25, 0.3) is 10.9 Å². The van der Waals surface area contributed by atoms with Gasteiger partial charge in [-0.05, 0) is 35.9 Å². The molecule has 0 unspecified atom stereocenters. The highest BCUT2D eigenvalue weighted by molar-refractivity contribution is 5.84. The highest BCUT2D eigenvalue weighted by Gasteiger charge is 2.04. The average Bonchev–Trinajstić information content (AvgIpc) is 2.88. The summed E-state index contributed by atoms with van der Waals surface area (Å²) in [6.45, 7) is 0.789. The Morgan fingerprint density at radius 3 is 2.74 bits per heavy atom. The van der Waals surface area contributed by atoms with E-state index in [0.717, 1.165) is 23.5 Å². The van der Waals surface area contributed by atoms with E-state index in [1.807, 2.05) is 36.5 Å². The third-order valence-corrected chi connectivity index (χ3v) is 3.23. The summed E-state index contributed by atoms with van der Waals surface area (Å²) in [6.07, 6.45) is 2.04. The standard InChI is InChI=1S/C16H16N2O/c1-19-14-7-8-16-15(9-14)12(11-18-16)10-17-13-5-3-2-4-6-13/h2-9,11,17-18H,10H2,1H3. The monoisotopic (exact) mass is 252 g/mol.